The van der Waals surface area contributed by atoms with E-state index in [1.807, 2.05) is 48.5 Å². The van der Waals surface area contributed by atoms with Crippen LogP contribution in [0.25, 0.3) is 12.2 Å². The molecule has 0 N–H and O–H groups in total. The normalized spacial score (nSPS) is 19.0. The molecule has 1 aromatic heterocycles. The standard InChI is InChI=1S/C26H20Cl2N2O3S/c1-33-22(31)14-21-25(32)30-24(17-9-3-5-12-20(17)28)18-10-6-8-16(23(18)29-26(30)34-21)13-15-7-2-4-11-19(15)27/h2-5,7,9,11-14,24H,6,8,10H2,1H3. The first-order chi connectivity index (χ1) is 16.5. The molecular formula is C26H20Cl2N2O3S. The number of rotatable bonds is 3. The van der Waals surface area contributed by atoms with Crippen LogP contribution in [0.1, 0.15) is 36.4 Å². The topological polar surface area (TPSA) is 60.7 Å². The summed E-state index contributed by atoms with van der Waals surface area (Å²) in [5.74, 6) is -0.581. The number of esters is 1. The highest BCUT2D eigenvalue weighted by Crippen LogP contribution is 2.42. The molecule has 1 atom stereocenters. The fourth-order valence-corrected chi connectivity index (χ4v) is 5.87. The SMILES string of the molecule is COC(=O)C=c1sc2n(c1=O)C(c1ccccc1Cl)C1=C(N=2)C(=Cc2ccccc2Cl)CCC1. The Morgan fingerprint density at radius 2 is 1.85 bits per heavy atom. The van der Waals surface area contributed by atoms with Gasteiger partial charge < -0.3 is 4.74 Å². The maximum Gasteiger partial charge on any atom is 0.332 e. The number of aromatic nitrogens is 1. The molecule has 2 aliphatic rings. The van der Waals surface area contributed by atoms with Crippen molar-refractivity contribution in [3.8, 4) is 0 Å². The van der Waals surface area contributed by atoms with Crippen molar-refractivity contribution < 1.29 is 9.53 Å². The van der Waals surface area contributed by atoms with Crippen molar-refractivity contribution in [2.45, 2.75) is 25.3 Å². The molecule has 1 unspecified atom stereocenters. The molecule has 0 bridgehead atoms. The quantitative estimate of drug-likeness (QED) is 0.470. The van der Waals surface area contributed by atoms with Crippen molar-refractivity contribution in [3.63, 3.8) is 0 Å². The Bertz CT molecular complexity index is 1550. The molecule has 8 heteroatoms. The zero-order valence-electron chi connectivity index (χ0n) is 18.3. The van der Waals surface area contributed by atoms with Gasteiger partial charge in [0.25, 0.3) is 5.56 Å². The summed E-state index contributed by atoms with van der Waals surface area (Å²) in [6.07, 6.45) is 5.84. The maximum atomic E-state index is 13.4. The van der Waals surface area contributed by atoms with Crippen LogP contribution in [0.15, 0.2) is 75.2 Å². The largest absolute Gasteiger partial charge is 0.466 e. The number of allylic oxidation sites excluding steroid dienone is 2. The molecular weight excluding hydrogens is 491 g/mol. The fourth-order valence-electron chi connectivity index (χ4n) is 4.48. The summed E-state index contributed by atoms with van der Waals surface area (Å²) in [5, 5.41) is 1.25. The molecule has 0 amide bonds. The molecule has 0 fully saturated rings. The summed E-state index contributed by atoms with van der Waals surface area (Å²) in [5.41, 5.74) is 4.43. The monoisotopic (exact) mass is 510 g/mol. The van der Waals surface area contributed by atoms with Crippen molar-refractivity contribution in [1.29, 1.82) is 0 Å². The van der Waals surface area contributed by atoms with E-state index in [9.17, 15) is 9.59 Å². The van der Waals surface area contributed by atoms with E-state index < -0.39 is 12.0 Å². The van der Waals surface area contributed by atoms with E-state index in [0.29, 0.717) is 14.8 Å². The number of carbonyl (C=O) groups excluding carboxylic acids is 1. The van der Waals surface area contributed by atoms with E-state index in [0.717, 1.165) is 47.2 Å². The molecule has 3 aromatic rings. The second-order valence-corrected chi connectivity index (χ2v) is 9.87. The van der Waals surface area contributed by atoms with Gasteiger partial charge in [0.2, 0.25) is 0 Å². The van der Waals surface area contributed by atoms with Gasteiger partial charge in [-0.25, -0.2) is 9.79 Å². The zero-order valence-corrected chi connectivity index (χ0v) is 20.6. The third-order valence-electron chi connectivity index (χ3n) is 6.02. The van der Waals surface area contributed by atoms with Crippen LogP contribution < -0.4 is 14.9 Å². The van der Waals surface area contributed by atoms with Gasteiger partial charge in [0.05, 0.1) is 18.8 Å². The average Bonchev–Trinajstić information content (AvgIpc) is 3.14. The predicted octanol–water partition coefficient (Wildman–Crippen LogP) is 4.91. The van der Waals surface area contributed by atoms with E-state index in [1.165, 1.54) is 24.5 Å². The Morgan fingerprint density at radius 1 is 1.12 bits per heavy atom. The highest BCUT2D eigenvalue weighted by atomic mass is 35.5. The van der Waals surface area contributed by atoms with E-state index in [4.69, 9.17) is 32.9 Å². The Hall–Kier alpha value is -2.93. The minimum Gasteiger partial charge on any atom is -0.466 e. The predicted molar refractivity (Wildman–Crippen MR) is 136 cm³/mol. The Balaban J connectivity index is 1.79. The lowest BCUT2D eigenvalue weighted by Crippen LogP contribution is -2.39. The molecule has 5 nitrogen and oxygen atoms in total. The summed E-state index contributed by atoms with van der Waals surface area (Å²) >= 11 is 14.2. The summed E-state index contributed by atoms with van der Waals surface area (Å²) in [6.45, 7) is 0. The third-order valence-corrected chi connectivity index (χ3v) is 7.69. The van der Waals surface area contributed by atoms with Crippen molar-refractivity contribution >= 4 is 52.7 Å². The minimum atomic E-state index is -0.581. The van der Waals surface area contributed by atoms with E-state index in [2.05, 4.69) is 6.08 Å². The number of fused-ring (bicyclic) bond motifs is 1. The van der Waals surface area contributed by atoms with Crippen molar-refractivity contribution in [2.75, 3.05) is 7.11 Å². The Kier molecular flexibility index (Phi) is 6.30. The zero-order chi connectivity index (χ0) is 23.8. The molecule has 2 heterocycles. The highest BCUT2D eigenvalue weighted by molar-refractivity contribution is 7.07. The van der Waals surface area contributed by atoms with Crippen molar-refractivity contribution in [2.24, 2.45) is 4.99 Å². The lowest BCUT2D eigenvalue weighted by atomic mass is 9.84. The highest BCUT2D eigenvalue weighted by Gasteiger charge is 2.33. The number of benzene rings is 2. The number of thiazole rings is 1. The van der Waals surface area contributed by atoms with Crippen LogP contribution in [-0.4, -0.2) is 17.6 Å². The maximum absolute atomic E-state index is 13.4. The van der Waals surface area contributed by atoms with E-state index in [1.54, 1.807) is 4.57 Å². The molecule has 34 heavy (non-hydrogen) atoms. The summed E-state index contributed by atoms with van der Waals surface area (Å²) in [4.78, 5) is 30.8. The van der Waals surface area contributed by atoms with Crippen molar-refractivity contribution in [3.05, 3.63) is 106 Å². The van der Waals surface area contributed by atoms with E-state index >= 15 is 0 Å². The minimum absolute atomic E-state index is 0.277. The van der Waals surface area contributed by atoms with Gasteiger partial charge in [-0.15, -0.1) is 0 Å². The number of carbonyl (C=O) groups is 1. The molecule has 1 aliphatic heterocycles. The van der Waals surface area contributed by atoms with Gasteiger partial charge in [0, 0.05) is 16.1 Å². The average molecular weight is 511 g/mol. The van der Waals surface area contributed by atoms with Gasteiger partial charge in [-0.3, -0.25) is 9.36 Å². The smallest absolute Gasteiger partial charge is 0.332 e. The molecule has 0 saturated carbocycles. The lowest BCUT2D eigenvalue weighted by Gasteiger charge is -2.31. The number of hydrogen-bond donors (Lipinski definition) is 0. The van der Waals surface area contributed by atoms with Gasteiger partial charge in [-0.2, -0.15) is 0 Å². The molecule has 1 aliphatic carbocycles. The van der Waals surface area contributed by atoms with Crippen LogP contribution >= 0.6 is 34.5 Å². The molecule has 0 saturated heterocycles. The van der Waals surface area contributed by atoms with Crippen LogP contribution in [0, 0.1) is 0 Å². The summed E-state index contributed by atoms with van der Waals surface area (Å²) in [7, 11) is 1.28. The van der Waals surface area contributed by atoms with Crippen LogP contribution in [0.4, 0.5) is 0 Å². The molecule has 0 spiro atoms. The molecule has 172 valence electrons. The van der Waals surface area contributed by atoms with Crippen LogP contribution in [-0.2, 0) is 9.53 Å². The van der Waals surface area contributed by atoms with Gasteiger partial charge in [0.1, 0.15) is 4.53 Å². The molecule has 2 aromatic carbocycles. The Morgan fingerprint density at radius 3 is 2.59 bits per heavy atom. The van der Waals surface area contributed by atoms with Crippen molar-refractivity contribution in [1.82, 2.24) is 4.57 Å². The first-order valence-corrected chi connectivity index (χ1v) is 12.4. The fraction of sp³-hybridized carbons (Fsp3) is 0.192. The van der Waals surface area contributed by atoms with Crippen LogP contribution in [0.5, 0.6) is 0 Å². The van der Waals surface area contributed by atoms with Gasteiger partial charge in [-0.1, -0.05) is 70.9 Å². The molecule has 5 rings (SSSR count). The second-order valence-electron chi connectivity index (χ2n) is 8.05. The first kappa shape index (κ1) is 22.8. The van der Waals surface area contributed by atoms with E-state index in [-0.39, 0.29) is 10.1 Å². The Labute approximate surface area is 209 Å². The molecule has 0 radical (unpaired) electrons. The number of halogens is 2. The van der Waals surface area contributed by atoms with Crippen LogP contribution in [0.2, 0.25) is 10.0 Å². The lowest BCUT2D eigenvalue weighted by molar-refractivity contribution is -0.133. The number of hydrogen-bond acceptors (Lipinski definition) is 5. The number of ether oxygens (including phenoxy) is 1. The summed E-state index contributed by atoms with van der Waals surface area (Å²) in [6, 6.07) is 14.8. The first-order valence-electron chi connectivity index (χ1n) is 10.8. The second kappa shape index (κ2) is 9.37. The number of nitrogens with zero attached hydrogens (tertiary/aromatic N) is 2. The van der Waals surface area contributed by atoms with Gasteiger partial charge >= 0.3 is 5.97 Å². The summed E-state index contributed by atoms with van der Waals surface area (Å²) < 4.78 is 6.67. The van der Waals surface area contributed by atoms with Crippen LogP contribution in [0.3, 0.4) is 0 Å². The third kappa shape index (κ3) is 4.06. The number of methoxy groups -OCH3 is 1. The van der Waals surface area contributed by atoms with Gasteiger partial charge in [0.15, 0.2) is 4.80 Å². The van der Waals surface area contributed by atoms with Gasteiger partial charge in [-0.05, 0) is 59.7 Å².